The molecule has 0 saturated heterocycles. The Bertz CT molecular complexity index is 2470. The fraction of sp³-hybridized carbons (Fsp3) is 0.321. The molecule has 0 atom stereocenters. The van der Waals surface area contributed by atoms with E-state index in [1.165, 1.54) is 30.7 Å². The molecule has 0 heterocycles. The SMILES string of the molecule is CCc1ccc(/C=C/c2ccc(OCCOCCOCC[18F])cc2)cc1.CS(=O)(=O)[O-].Cc1ccc(S(=O)(=O)OCCOCCOCCOc2ccc(/C=C/c3ccc(N(C)[B]C=O)cc3)cc2)cc1.[CH3-].[K+]. The predicted molar refractivity (Wildman–Crippen MR) is 281 cm³/mol. The van der Waals surface area contributed by atoms with Crippen molar-refractivity contribution in [2.24, 2.45) is 0 Å². The Balaban J connectivity index is 0.000000680. The molecule has 0 aromatic heterocycles. The van der Waals surface area contributed by atoms with Crippen molar-refractivity contribution in [3.8, 4) is 11.5 Å². The predicted octanol–water partition coefficient (Wildman–Crippen LogP) is 5.65. The van der Waals surface area contributed by atoms with Crippen LogP contribution >= 0.6 is 0 Å². The molecule has 0 bridgehead atoms. The smallest absolute Gasteiger partial charge is 0.748 e. The molecular weight excluding hydrogens is 991 g/mol. The Morgan fingerprint density at radius 2 is 0.931 bits per heavy atom. The second-order valence-electron chi connectivity index (χ2n) is 15.0. The van der Waals surface area contributed by atoms with Gasteiger partial charge in [-0.25, -0.2) is 12.8 Å². The standard InChI is InChI=1S/C29H33BNO7S.C22H27FO3.CH4O3S.CH3.K/c1-24-3-15-29(16-4-24)39(33,34)38-22-20-36-18-17-35-19-21-37-28-13-9-26(10-14-28)6-5-25-7-11-27(12-8-25)31(2)30-23-32;1-2-19-3-5-20(6-4-19)7-8-21-9-11-22(12-10-21)26-18-17-25-16-15-24-14-13-23;1-5(2,3)4;;/h3-16,23H,17-22H2,1-2H3;3-12H,2,13-18H2,1H3;1H3,(H,2,3,4);1H3;/q;;;-1;+1/p-1/b6-5+;8-7+;;;/i;23-1;;;. The molecule has 19 heteroatoms. The van der Waals surface area contributed by atoms with Crippen LogP contribution in [0.4, 0.5) is 10.1 Å². The van der Waals surface area contributed by atoms with Crippen molar-refractivity contribution < 1.29 is 115 Å². The molecule has 5 aromatic rings. The fourth-order valence-electron chi connectivity index (χ4n) is 5.71. The third-order valence-corrected chi connectivity index (χ3v) is 10.7. The van der Waals surface area contributed by atoms with Gasteiger partial charge in [0.15, 0.2) is 0 Å². The Morgan fingerprint density at radius 1 is 0.569 bits per heavy atom. The number of nitrogens with zero attached hydrogens (tertiary/aromatic N) is 1. The summed E-state index contributed by atoms with van der Waals surface area (Å²) in [6.45, 7) is 7.11. The second-order valence-corrected chi connectivity index (χ2v) is 18.0. The quantitative estimate of drug-likeness (QED) is 0.0109. The molecule has 0 aliphatic carbocycles. The minimum atomic E-state index is -3.92. The minimum Gasteiger partial charge on any atom is -0.748 e. The number of carbonyl (C=O) groups is 1. The van der Waals surface area contributed by atoms with Crippen molar-refractivity contribution in [2.75, 3.05) is 97.5 Å². The van der Waals surface area contributed by atoms with Gasteiger partial charge < -0.3 is 50.0 Å². The number of ether oxygens (including phenoxy) is 6. The van der Waals surface area contributed by atoms with E-state index in [9.17, 15) is 17.6 Å². The van der Waals surface area contributed by atoms with Gasteiger partial charge in [-0.15, -0.1) is 0 Å². The van der Waals surface area contributed by atoms with E-state index in [2.05, 4.69) is 43.3 Å². The molecule has 72 heavy (non-hydrogen) atoms. The molecule has 0 unspecified atom stereocenters. The van der Waals surface area contributed by atoms with Crippen LogP contribution in [0.2, 0.25) is 0 Å². The molecule has 385 valence electrons. The first-order valence-corrected chi connectivity index (χ1v) is 25.7. The zero-order valence-corrected chi connectivity index (χ0v) is 46.9. The Morgan fingerprint density at radius 3 is 1.32 bits per heavy atom. The fourth-order valence-corrected chi connectivity index (χ4v) is 6.60. The van der Waals surface area contributed by atoms with Crippen LogP contribution in [0, 0.1) is 14.4 Å². The summed E-state index contributed by atoms with van der Waals surface area (Å²) in [6, 6.07) is 38.7. The average molecular weight is 1060 g/mol. The molecule has 0 saturated carbocycles. The zero-order valence-electron chi connectivity index (χ0n) is 42.2. The summed E-state index contributed by atoms with van der Waals surface area (Å²) >= 11 is 0. The van der Waals surface area contributed by atoms with Gasteiger partial charge in [0.25, 0.3) is 10.1 Å². The minimum absolute atomic E-state index is 0. The number of anilines is 1. The van der Waals surface area contributed by atoms with E-state index in [4.69, 9.17) is 45.6 Å². The molecule has 0 aliphatic rings. The molecule has 0 spiro atoms. The first kappa shape index (κ1) is 66.0. The van der Waals surface area contributed by atoms with Crippen LogP contribution in [0.3, 0.4) is 0 Å². The summed E-state index contributed by atoms with van der Waals surface area (Å²) in [5, 5.41) is 0. The summed E-state index contributed by atoms with van der Waals surface area (Å²) < 4.78 is 101. The van der Waals surface area contributed by atoms with E-state index >= 15 is 0 Å². The summed E-state index contributed by atoms with van der Waals surface area (Å²) in [4.78, 5) is 12.5. The van der Waals surface area contributed by atoms with Gasteiger partial charge >= 0.3 is 58.8 Å². The van der Waals surface area contributed by atoms with Crippen molar-refractivity contribution >= 4 is 63.8 Å². The first-order valence-electron chi connectivity index (χ1n) is 22.5. The third-order valence-electron chi connectivity index (χ3n) is 9.40. The maximum Gasteiger partial charge on any atom is 1.00 e. The zero-order chi connectivity index (χ0) is 50.9. The third kappa shape index (κ3) is 30.9. The van der Waals surface area contributed by atoms with Crippen molar-refractivity contribution in [1.82, 2.24) is 0 Å². The van der Waals surface area contributed by atoms with Crippen LogP contribution in [0.25, 0.3) is 24.3 Å². The molecule has 0 amide bonds. The molecule has 0 fully saturated rings. The van der Waals surface area contributed by atoms with Crippen molar-refractivity contribution in [3.63, 3.8) is 0 Å². The van der Waals surface area contributed by atoms with Gasteiger partial charge in [-0.2, -0.15) is 8.42 Å². The van der Waals surface area contributed by atoms with E-state index in [-0.39, 0.29) is 83.5 Å². The number of aryl methyl sites for hydroxylation is 2. The van der Waals surface area contributed by atoms with Crippen molar-refractivity contribution in [3.05, 3.63) is 162 Å². The normalized spacial score (nSPS) is 11.0. The summed E-state index contributed by atoms with van der Waals surface area (Å²) in [5.74, 6) is 1.56. The van der Waals surface area contributed by atoms with E-state index in [1.54, 1.807) is 16.9 Å². The van der Waals surface area contributed by atoms with E-state index in [1.807, 2.05) is 98.9 Å². The topological polar surface area (TPSA) is 176 Å². The largest absolute Gasteiger partial charge is 1.00 e. The molecule has 5 aromatic carbocycles. The number of carbonyl (C=O) groups excluding carboxylic acids is 1. The van der Waals surface area contributed by atoms with Gasteiger partial charge in [0.2, 0.25) is 0 Å². The first-order chi connectivity index (χ1) is 33.7. The van der Waals surface area contributed by atoms with Gasteiger partial charge in [-0.3, -0.25) is 4.18 Å². The molecule has 1 radical (unpaired) electrons. The Hall–Kier alpha value is -4.06. The van der Waals surface area contributed by atoms with Crippen LogP contribution in [-0.4, -0.2) is 128 Å². The number of halogens is 1. The summed E-state index contributed by atoms with van der Waals surface area (Å²) in [5.41, 5.74) is 7.67. The number of alkyl halides is 1. The Kier molecular flexibility index (Phi) is 35.3. The number of hydrogen-bond donors (Lipinski definition) is 0. The van der Waals surface area contributed by atoms with E-state index in [0.717, 1.165) is 52.0 Å². The van der Waals surface area contributed by atoms with Gasteiger partial charge in [-0.1, -0.05) is 110 Å². The van der Waals surface area contributed by atoms with Crippen LogP contribution in [0.1, 0.15) is 40.3 Å². The summed E-state index contributed by atoms with van der Waals surface area (Å²) in [6.07, 6.45) is 10.7. The number of benzene rings is 5. The molecule has 14 nitrogen and oxygen atoms in total. The van der Waals surface area contributed by atoms with Gasteiger partial charge in [0.1, 0.15) is 37.6 Å². The van der Waals surface area contributed by atoms with Gasteiger partial charge in [0.05, 0.1) is 74.5 Å². The molecule has 0 N–H and O–H groups in total. The van der Waals surface area contributed by atoms with Gasteiger partial charge in [-0.05, 0) is 96.7 Å². The molecule has 5 rings (SSSR count). The Labute approximate surface area is 470 Å². The van der Waals surface area contributed by atoms with Crippen molar-refractivity contribution in [1.29, 1.82) is 0 Å². The van der Waals surface area contributed by atoms with Crippen molar-refractivity contribution in [2.45, 2.75) is 25.2 Å². The van der Waals surface area contributed by atoms with E-state index < -0.39 is 26.9 Å². The number of rotatable bonds is 29. The second kappa shape index (κ2) is 38.5. The summed E-state index contributed by atoms with van der Waals surface area (Å²) in [7, 11) is -4.39. The average Bonchev–Trinajstić information content (AvgIpc) is 3.35. The molecular formula is C53H66BFKNO13S2-. The van der Waals surface area contributed by atoms with Crippen LogP contribution in [-0.2, 0) is 54.6 Å². The van der Waals surface area contributed by atoms with Crippen LogP contribution < -0.4 is 65.7 Å². The van der Waals surface area contributed by atoms with Crippen LogP contribution in [0.5, 0.6) is 11.5 Å². The molecule has 0 aliphatic heterocycles. The van der Waals surface area contributed by atoms with Gasteiger partial charge in [0, 0.05) is 11.9 Å². The monoisotopic (exact) mass is 1060 g/mol. The number of hydrogen-bond acceptors (Lipinski definition) is 14. The van der Waals surface area contributed by atoms with Crippen LogP contribution in [0.15, 0.2) is 126 Å². The maximum absolute atomic E-state index is 12.1. The maximum atomic E-state index is 12.1. The van der Waals surface area contributed by atoms with E-state index in [0.29, 0.717) is 59.1 Å².